The molecule has 6 aromatic carbocycles. The highest BCUT2D eigenvalue weighted by molar-refractivity contribution is 5.82. The van der Waals surface area contributed by atoms with Crippen LogP contribution in [0.15, 0.2) is 182 Å². The van der Waals surface area contributed by atoms with Gasteiger partial charge >= 0.3 is 0 Å². The van der Waals surface area contributed by atoms with Crippen molar-refractivity contribution in [3.05, 3.63) is 193 Å². The Morgan fingerprint density at radius 1 is 0.240 bits per heavy atom. The van der Waals surface area contributed by atoms with E-state index in [1.54, 1.807) is 0 Å². The molecule has 8 aromatic rings. The lowest BCUT2D eigenvalue weighted by atomic mass is 9.96. The number of aryl methyl sites for hydroxylation is 2. The van der Waals surface area contributed by atoms with Crippen LogP contribution in [0.25, 0.3) is 78.4 Å². The van der Waals surface area contributed by atoms with Gasteiger partial charge in [0.2, 0.25) is 0 Å². The molecule has 0 N–H and O–H groups in total. The number of aromatic nitrogens is 2. The quantitative estimate of drug-likeness (QED) is 0.173. The lowest BCUT2D eigenvalue weighted by Crippen LogP contribution is -1.96. The van der Waals surface area contributed by atoms with Crippen molar-refractivity contribution < 1.29 is 0 Å². The Hall–Kier alpha value is -6.38. The number of benzene rings is 6. The van der Waals surface area contributed by atoms with E-state index in [9.17, 15) is 0 Å². The molecule has 8 rings (SSSR count). The van der Waals surface area contributed by atoms with Crippen LogP contribution in [0.4, 0.5) is 0 Å². The van der Waals surface area contributed by atoms with Gasteiger partial charge in [-0.2, -0.15) is 0 Å². The molecule has 0 fully saturated rings. The fourth-order valence-electron chi connectivity index (χ4n) is 6.42. The Bertz CT molecular complexity index is 2240. The van der Waals surface area contributed by atoms with E-state index in [4.69, 9.17) is 9.97 Å². The molecule has 2 heterocycles. The number of rotatable bonds is 7. The first-order chi connectivity index (χ1) is 24.6. The second kappa shape index (κ2) is 13.6. The fourth-order valence-corrected chi connectivity index (χ4v) is 6.42. The number of nitrogens with zero attached hydrogens (tertiary/aromatic N) is 2. The van der Waals surface area contributed by atoms with Crippen molar-refractivity contribution >= 4 is 0 Å². The maximum atomic E-state index is 5.33. The molecule has 0 aliphatic heterocycles. The summed E-state index contributed by atoms with van der Waals surface area (Å²) < 4.78 is 0. The van der Waals surface area contributed by atoms with Crippen LogP contribution in [-0.4, -0.2) is 9.97 Å². The third-order valence-electron chi connectivity index (χ3n) is 9.21. The highest BCUT2D eigenvalue weighted by Crippen LogP contribution is 2.35. The van der Waals surface area contributed by atoms with Gasteiger partial charge in [0, 0.05) is 11.1 Å². The Kier molecular flexibility index (Phi) is 8.42. The topological polar surface area (TPSA) is 25.8 Å². The van der Waals surface area contributed by atoms with Gasteiger partial charge in [0.1, 0.15) is 0 Å². The monoisotopic (exact) mass is 640 g/mol. The summed E-state index contributed by atoms with van der Waals surface area (Å²) >= 11 is 0. The lowest BCUT2D eigenvalue weighted by Gasteiger charge is -2.14. The summed E-state index contributed by atoms with van der Waals surface area (Å²) in [5.41, 5.74) is 17.3. The first kappa shape index (κ1) is 30.9. The summed E-state index contributed by atoms with van der Waals surface area (Å²) in [5, 5.41) is 0. The minimum Gasteiger partial charge on any atom is -0.246 e. The van der Waals surface area contributed by atoms with E-state index in [1.165, 1.54) is 22.3 Å². The van der Waals surface area contributed by atoms with E-state index in [-0.39, 0.29) is 0 Å². The summed E-state index contributed by atoms with van der Waals surface area (Å²) in [7, 11) is 0. The van der Waals surface area contributed by atoms with Gasteiger partial charge in [-0.15, -0.1) is 0 Å². The third-order valence-corrected chi connectivity index (χ3v) is 9.21. The molecule has 238 valence electrons. The molecule has 0 saturated heterocycles. The maximum Gasteiger partial charge on any atom is 0.0900 e. The van der Waals surface area contributed by atoms with Crippen LogP contribution < -0.4 is 0 Å². The van der Waals surface area contributed by atoms with Crippen LogP contribution in [0, 0.1) is 13.8 Å². The van der Waals surface area contributed by atoms with Crippen LogP contribution in [-0.2, 0) is 0 Å². The molecule has 0 atom stereocenters. The molecule has 0 aliphatic carbocycles. The first-order valence-corrected chi connectivity index (χ1v) is 17.1. The Morgan fingerprint density at radius 2 is 0.560 bits per heavy atom. The van der Waals surface area contributed by atoms with Crippen molar-refractivity contribution in [1.82, 2.24) is 9.97 Å². The van der Waals surface area contributed by atoms with Crippen LogP contribution >= 0.6 is 0 Å². The van der Waals surface area contributed by atoms with Crippen LogP contribution in [0.5, 0.6) is 0 Å². The van der Waals surface area contributed by atoms with Crippen LogP contribution in [0.1, 0.15) is 11.1 Å². The molecule has 0 amide bonds. The molecule has 50 heavy (non-hydrogen) atoms. The van der Waals surface area contributed by atoms with Crippen molar-refractivity contribution in [2.75, 3.05) is 0 Å². The summed E-state index contributed by atoms with van der Waals surface area (Å²) in [6.07, 6.45) is 0. The molecule has 2 heteroatoms. The maximum absolute atomic E-state index is 5.33. The van der Waals surface area contributed by atoms with Gasteiger partial charge in [-0.1, -0.05) is 157 Å². The molecule has 0 saturated carbocycles. The molecule has 0 radical (unpaired) electrons. The predicted octanol–water partition coefficient (Wildman–Crippen LogP) is 12.8. The molecule has 2 aromatic heterocycles. The van der Waals surface area contributed by atoms with Gasteiger partial charge in [0.05, 0.1) is 22.8 Å². The molecule has 0 spiro atoms. The summed E-state index contributed by atoms with van der Waals surface area (Å²) in [6, 6.07) is 64.5. The van der Waals surface area contributed by atoms with Crippen molar-refractivity contribution in [3.63, 3.8) is 0 Å². The molecular formula is C48H36N2. The van der Waals surface area contributed by atoms with E-state index in [1.807, 2.05) is 0 Å². The number of pyridine rings is 2. The second-order valence-electron chi connectivity index (χ2n) is 12.9. The van der Waals surface area contributed by atoms with E-state index >= 15 is 0 Å². The summed E-state index contributed by atoms with van der Waals surface area (Å²) in [5.74, 6) is 0. The number of hydrogen-bond donors (Lipinski definition) is 0. The average Bonchev–Trinajstić information content (AvgIpc) is 3.19. The second-order valence-corrected chi connectivity index (χ2v) is 12.9. The largest absolute Gasteiger partial charge is 0.246 e. The van der Waals surface area contributed by atoms with Crippen LogP contribution in [0.3, 0.4) is 0 Å². The summed E-state index contributed by atoms with van der Waals surface area (Å²) in [6.45, 7) is 4.24. The van der Waals surface area contributed by atoms with Crippen molar-refractivity contribution in [2.24, 2.45) is 0 Å². The van der Waals surface area contributed by atoms with Gasteiger partial charge in [-0.25, -0.2) is 9.97 Å². The molecule has 0 aliphatic rings. The van der Waals surface area contributed by atoms with E-state index in [0.717, 1.165) is 67.3 Å². The molecule has 0 bridgehead atoms. The van der Waals surface area contributed by atoms with Crippen LogP contribution in [0.2, 0.25) is 0 Å². The Balaban J connectivity index is 1.30. The summed E-state index contributed by atoms with van der Waals surface area (Å²) in [4.78, 5) is 10.7. The highest BCUT2D eigenvalue weighted by Gasteiger charge is 2.15. The van der Waals surface area contributed by atoms with Gasteiger partial charge in [0.25, 0.3) is 0 Å². The highest BCUT2D eigenvalue weighted by atomic mass is 14.8. The van der Waals surface area contributed by atoms with Gasteiger partial charge in [-0.05, 0) is 94.8 Å². The predicted molar refractivity (Wildman–Crippen MR) is 210 cm³/mol. The zero-order valence-electron chi connectivity index (χ0n) is 28.2. The minimum atomic E-state index is 0.829. The molecule has 2 nitrogen and oxygen atoms in total. The van der Waals surface area contributed by atoms with Crippen molar-refractivity contribution in [2.45, 2.75) is 13.8 Å². The van der Waals surface area contributed by atoms with Crippen molar-refractivity contribution in [3.8, 4) is 78.4 Å². The van der Waals surface area contributed by atoms with E-state index < -0.39 is 0 Å². The zero-order chi connectivity index (χ0) is 33.9. The first-order valence-electron chi connectivity index (χ1n) is 17.1. The van der Waals surface area contributed by atoms with Gasteiger partial charge in [-0.3, -0.25) is 0 Å². The van der Waals surface area contributed by atoms with Gasteiger partial charge < -0.3 is 0 Å². The number of hydrogen-bond acceptors (Lipinski definition) is 2. The normalized spacial score (nSPS) is 11.0. The third kappa shape index (κ3) is 6.65. The SMILES string of the molecule is Cc1ccc(-c2cccc(-c3cc(-c4ccccc4)cc(-c4cc(-c5ccccc5)cc(-c5cccc(-c6ccc(C)cc6)c5)n4)n3)c2)cc1. The molecule has 0 unspecified atom stereocenters. The van der Waals surface area contributed by atoms with E-state index in [2.05, 4.69) is 196 Å². The van der Waals surface area contributed by atoms with E-state index in [0.29, 0.717) is 0 Å². The smallest absolute Gasteiger partial charge is 0.0900 e. The standard InChI is InChI=1S/C48H36N2/c1-33-19-23-37(24-20-33)39-15-9-17-41(27-39)45-29-43(35-11-5-3-6-12-35)31-47(49-45)48-32-44(36-13-7-4-8-14-36)30-46(50-48)42-18-10-16-40(28-42)38-25-21-34(2)22-26-38/h3-32H,1-2H3. The Morgan fingerprint density at radius 3 is 0.960 bits per heavy atom. The van der Waals surface area contributed by atoms with Crippen molar-refractivity contribution in [1.29, 1.82) is 0 Å². The average molecular weight is 641 g/mol. The zero-order valence-corrected chi connectivity index (χ0v) is 28.2. The fraction of sp³-hybridized carbons (Fsp3) is 0.0417. The molecular weight excluding hydrogens is 605 g/mol. The van der Waals surface area contributed by atoms with Gasteiger partial charge in [0.15, 0.2) is 0 Å². The Labute approximate surface area is 294 Å². The lowest BCUT2D eigenvalue weighted by molar-refractivity contribution is 1.25. The minimum absolute atomic E-state index is 0.829.